The molecule has 1 aromatic carbocycles. The molecule has 2 atom stereocenters. The van der Waals surface area contributed by atoms with Gasteiger partial charge < -0.3 is 10.1 Å². The second kappa shape index (κ2) is 6.73. The van der Waals surface area contributed by atoms with Gasteiger partial charge in [-0.1, -0.05) is 20.8 Å². The normalized spacial score (nSPS) is 24.8. The molecule has 1 aliphatic rings. The van der Waals surface area contributed by atoms with E-state index < -0.39 is 11.6 Å². The van der Waals surface area contributed by atoms with Crippen molar-refractivity contribution in [3.8, 4) is 5.75 Å². The first-order valence-electron chi connectivity index (χ1n) is 7.79. The highest BCUT2D eigenvalue weighted by Crippen LogP contribution is 2.37. The summed E-state index contributed by atoms with van der Waals surface area (Å²) in [5, 5.41) is 3.54. The summed E-state index contributed by atoms with van der Waals surface area (Å²) in [4.78, 5) is 0. The highest BCUT2D eigenvalue weighted by atomic mass is 19.1. The summed E-state index contributed by atoms with van der Waals surface area (Å²) < 4.78 is 32.7. The minimum absolute atomic E-state index is 0.0831. The molecule has 2 nitrogen and oxygen atoms in total. The van der Waals surface area contributed by atoms with Crippen LogP contribution in [0.3, 0.4) is 0 Å². The van der Waals surface area contributed by atoms with Gasteiger partial charge in [0.1, 0.15) is 11.9 Å². The molecule has 4 heteroatoms. The summed E-state index contributed by atoms with van der Waals surface area (Å²) in [6.07, 6.45) is 4.04. The molecule has 0 aliphatic heterocycles. The molecule has 1 N–H and O–H groups in total. The quantitative estimate of drug-likeness (QED) is 0.875. The molecule has 21 heavy (non-hydrogen) atoms. The molecule has 0 amide bonds. The van der Waals surface area contributed by atoms with E-state index in [0.29, 0.717) is 0 Å². The number of hydrogen-bond donors (Lipinski definition) is 1. The van der Waals surface area contributed by atoms with Crippen LogP contribution in [0.5, 0.6) is 5.75 Å². The van der Waals surface area contributed by atoms with E-state index >= 15 is 0 Å². The Labute approximate surface area is 125 Å². The van der Waals surface area contributed by atoms with E-state index in [1.165, 1.54) is 12.1 Å². The minimum Gasteiger partial charge on any atom is -0.486 e. The number of ether oxygens (including phenoxy) is 1. The number of rotatable bonds is 5. The van der Waals surface area contributed by atoms with E-state index in [1.807, 2.05) is 0 Å². The summed E-state index contributed by atoms with van der Waals surface area (Å²) in [5.74, 6) is -1.07. The monoisotopic (exact) mass is 297 g/mol. The zero-order valence-corrected chi connectivity index (χ0v) is 13.1. The SMILES string of the molecule is CCCNC1C(Oc2ccc(F)cc2F)CCCC1(C)C. The molecular formula is C17H25F2NO. The Morgan fingerprint density at radius 1 is 1.33 bits per heavy atom. The maximum absolute atomic E-state index is 13.8. The Hall–Kier alpha value is -1.16. The fourth-order valence-electron chi connectivity index (χ4n) is 3.15. The van der Waals surface area contributed by atoms with Crippen LogP contribution < -0.4 is 10.1 Å². The molecule has 1 aliphatic carbocycles. The Bertz CT molecular complexity index is 476. The molecule has 0 aromatic heterocycles. The molecule has 1 aromatic rings. The average molecular weight is 297 g/mol. The second-order valence-electron chi connectivity index (χ2n) is 6.54. The van der Waals surface area contributed by atoms with Crippen LogP contribution >= 0.6 is 0 Å². The average Bonchev–Trinajstić information content (AvgIpc) is 2.40. The Kier molecular flexibility index (Phi) is 5.20. The fraction of sp³-hybridized carbons (Fsp3) is 0.647. The second-order valence-corrected chi connectivity index (χ2v) is 6.54. The predicted octanol–water partition coefficient (Wildman–Crippen LogP) is 4.29. The van der Waals surface area contributed by atoms with Gasteiger partial charge in [0.25, 0.3) is 0 Å². The summed E-state index contributed by atoms with van der Waals surface area (Å²) in [6.45, 7) is 7.48. The third-order valence-electron chi connectivity index (χ3n) is 4.31. The lowest BCUT2D eigenvalue weighted by molar-refractivity contribution is 0.0341. The molecule has 118 valence electrons. The number of hydrogen-bond acceptors (Lipinski definition) is 2. The van der Waals surface area contributed by atoms with E-state index in [2.05, 4.69) is 26.1 Å². The van der Waals surface area contributed by atoms with Crippen molar-refractivity contribution in [3.63, 3.8) is 0 Å². The fourth-order valence-corrected chi connectivity index (χ4v) is 3.15. The van der Waals surface area contributed by atoms with Crippen LogP contribution in [0, 0.1) is 17.0 Å². The van der Waals surface area contributed by atoms with Crippen molar-refractivity contribution in [1.29, 1.82) is 0 Å². The van der Waals surface area contributed by atoms with E-state index in [0.717, 1.165) is 38.3 Å². The van der Waals surface area contributed by atoms with Gasteiger partial charge in [-0.3, -0.25) is 0 Å². The Morgan fingerprint density at radius 3 is 2.76 bits per heavy atom. The van der Waals surface area contributed by atoms with Crippen LogP contribution in [0.25, 0.3) is 0 Å². The van der Waals surface area contributed by atoms with Gasteiger partial charge in [0, 0.05) is 12.1 Å². The van der Waals surface area contributed by atoms with Crippen LogP contribution in [0.2, 0.25) is 0 Å². The van der Waals surface area contributed by atoms with Gasteiger partial charge in [-0.2, -0.15) is 0 Å². The van der Waals surface area contributed by atoms with Crippen molar-refractivity contribution in [2.75, 3.05) is 6.54 Å². The van der Waals surface area contributed by atoms with E-state index in [4.69, 9.17) is 4.74 Å². The van der Waals surface area contributed by atoms with Crippen LogP contribution in [0.1, 0.15) is 46.5 Å². The lowest BCUT2D eigenvalue weighted by Gasteiger charge is -2.44. The molecule has 0 bridgehead atoms. The van der Waals surface area contributed by atoms with E-state index in [9.17, 15) is 8.78 Å². The first-order chi connectivity index (χ1) is 9.94. The van der Waals surface area contributed by atoms with Crippen LogP contribution in [-0.4, -0.2) is 18.7 Å². The number of halogens is 2. The van der Waals surface area contributed by atoms with Crippen molar-refractivity contribution in [1.82, 2.24) is 5.32 Å². The zero-order valence-electron chi connectivity index (χ0n) is 13.1. The smallest absolute Gasteiger partial charge is 0.167 e. The lowest BCUT2D eigenvalue weighted by atomic mass is 9.71. The van der Waals surface area contributed by atoms with E-state index in [1.54, 1.807) is 0 Å². The zero-order chi connectivity index (χ0) is 15.5. The van der Waals surface area contributed by atoms with Crippen LogP contribution in [-0.2, 0) is 0 Å². The van der Waals surface area contributed by atoms with E-state index in [-0.39, 0.29) is 23.3 Å². The number of nitrogens with one attached hydrogen (secondary N) is 1. The van der Waals surface area contributed by atoms with Crippen molar-refractivity contribution >= 4 is 0 Å². The number of benzene rings is 1. The molecule has 0 saturated heterocycles. The minimum atomic E-state index is -0.632. The summed E-state index contributed by atoms with van der Waals surface area (Å²) >= 11 is 0. The van der Waals surface area contributed by atoms with Gasteiger partial charge in [-0.25, -0.2) is 8.78 Å². The molecule has 1 fully saturated rings. The molecule has 0 spiro atoms. The molecule has 2 unspecified atom stereocenters. The molecule has 0 radical (unpaired) electrons. The highest BCUT2D eigenvalue weighted by Gasteiger charge is 2.40. The molecule has 2 rings (SSSR count). The Morgan fingerprint density at radius 2 is 2.10 bits per heavy atom. The first kappa shape index (κ1) is 16.2. The standard InChI is InChI=1S/C17H25F2NO/c1-4-10-20-16-15(6-5-9-17(16,2)3)21-14-8-7-12(18)11-13(14)19/h7-8,11,15-16,20H,4-6,9-10H2,1-3H3. The van der Waals surface area contributed by atoms with Gasteiger partial charge in [0.05, 0.1) is 0 Å². The first-order valence-corrected chi connectivity index (χ1v) is 7.79. The van der Waals surface area contributed by atoms with Gasteiger partial charge in [0.15, 0.2) is 11.6 Å². The summed E-state index contributed by atoms with van der Waals surface area (Å²) in [7, 11) is 0. The van der Waals surface area contributed by atoms with Crippen molar-refractivity contribution in [2.24, 2.45) is 5.41 Å². The third kappa shape index (κ3) is 3.94. The van der Waals surface area contributed by atoms with Crippen molar-refractivity contribution in [2.45, 2.75) is 58.6 Å². The lowest BCUT2D eigenvalue weighted by Crippen LogP contribution is -2.54. The predicted molar refractivity (Wildman–Crippen MR) is 80.5 cm³/mol. The highest BCUT2D eigenvalue weighted by molar-refractivity contribution is 5.25. The summed E-state index contributed by atoms with van der Waals surface area (Å²) in [5.41, 5.74) is 0.106. The molecular weight excluding hydrogens is 272 g/mol. The Balaban J connectivity index is 2.15. The van der Waals surface area contributed by atoms with Crippen molar-refractivity contribution < 1.29 is 13.5 Å². The summed E-state index contributed by atoms with van der Waals surface area (Å²) in [6, 6.07) is 3.66. The van der Waals surface area contributed by atoms with Crippen LogP contribution in [0.4, 0.5) is 8.78 Å². The largest absolute Gasteiger partial charge is 0.486 e. The van der Waals surface area contributed by atoms with Crippen LogP contribution in [0.15, 0.2) is 18.2 Å². The topological polar surface area (TPSA) is 21.3 Å². The van der Waals surface area contributed by atoms with Gasteiger partial charge in [-0.05, 0) is 49.8 Å². The van der Waals surface area contributed by atoms with Gasteiger partial charge in [-0.15, -0.1) is 0 Å². The molecule has 1 saturated carbocycles. The van der Waals surface area contributed by atoms with Gasteiger partial charge in [0.2, 0.25) is 0 Å². The van der Waals surface area contributed by atoms with Crippen molar-refractivity contribution in [3.05, 3.63) is 29.8 Å². The third-order valence-corrected chi connectivity index (χ3v) is 4.31. The molecule has 0 heterocycles. The van der Waals surface area contributed by atoms with Gasteiger partial charge >= 0.3 is 0 Å². The maximum Gasteiger partial charge on any atom is 0.167 e. The maximum atomic E-state index is 13.8.